The third kappa shape index (κ3) is 3.88. The van der Waals surface area contributed by atoms with Crippen molar-refractivity contribution in [1.82, 2.24) is 19.5 Å². The second-order valence-electron chi connectivity index (χ2n) is 9.08. The molecule has 7 rings (SSSR count). The topological polar surface area (TPSA) is 43.6 Å². The summed E-state index contributed by atoms with van der Waals surface area (Å²) in [4.78, 5) is 14.9. The molecule has 0 bridgehead atoms. The van der Waals surface area contributed by atoms with Crippen LogP contribution >= 0.6 is 15.9 Å². The minimum atomic E-state index is 0.588. The van der Waals surface area contributed by atoms with Crippen molar-refractivity contribution in [1.29, 1.82) is 0 Å². The smallest absolute Gasteiger partial charge is 0.238 e. The number of fused-ring (bicyclic) bond motifs is 3. The third-order valence-corrected chi connectivity index (χ3v) is 7.41. The third-order valence-electron chi connectivity index (χ3n) is 6.75. The van der Waals surface area contributed by atoms with E-state index in [1.54, 1.807) is 0 Å². The van der Waals surface area contributed by atoms with E-state index < -0.39 is 0 Å². The fourth-order valence-electron chi connectivity index (χ4n) is 4.94. The van der Waals surface area contributed by atoms with Crippen LogP contribution in [-0.2, 0) is 0 Å². The van der Waals surface area contributed by atoms with Crippen molar-refractivity contribution in [2.24, 2.45) is 0 Å². The molecular weight excluding hydrogens is 532 g/mol. The summed E-state index contributed by atoms with van der Waals surface area (Å²) in [5, 5.41) is 2.28. The molecule has 0 saturated carbocycles. The Morgan fingerprint density at radius 2 is 0.974 bits per heavy atom. The molecule has 0 radical (unpaired) electrons. The van der Waals surface area contributed by atoms with E-state index in [0.29, 0.717) is 17.6 Å². The first-order valence-corrected chi connectivity index (χ1v) is 13.2. The van der Waals surface area contributed by atoms with E-state index in [4.69, 9.17) is 15.0 Å². The van der Waals surface area contributed by atoms with Gasteiger partial charge in [-0.15, -0.1) is 0 Å². The Morgan fingerprint density at radius 3 is 1.68 bits per heavy atom. The van der Waals surface area contributed by atoms with Crippen LogP contribution in [0.3, 0.4) is 0 Å². The largest absolute Gasteiger partial charge is 0.278 e. The SMILES string of the molecule is Brc1cccc2c1c1ccccc1n2-c1nc(-c2ccccc2)nc(-c2ccc(-c3ccccc3)cc2)n1. The minimum Gasteiger partial charge on any atom is -0.278 e. The van der Waals surface area contributed by atoms with Gasteiger partial charge in [0.15, 0.2) is 11.6 Å². The fourth-order valence-corrected chi connectivity index (χ4v) is 5.51. The van der Waals surface area contributed by atoms with Crippen molar-refractivity contribution in [2.45, 2.75) is 0 Å². The van der Waals surface area contributed by atoms with Crippen molar-refractivity contribution >= 4 is 37.7 Å². The molecule has 0 aliphatic rings. The van der Waals surface area contributed by atoms with Crippen LogP contribution in [0.15, 0.2) is 132 Å². The van der Waals surface area contributed by atoms with Gasteiger partial charge in [-0.2, -0.15) is 9.97 Å². The van der Waals surface area contributed by atoms with E-state index in [-0.39, 0.29) is 0 Å². The zero-order valence-corrected chi connectivity index (χ0v) is 21.9. The fraction of sp³-hybridized carbons (Fsp3) is 0. The molecule has 0 amide bonds. The van der Waals surface area contributed by atoms with E-state index in [9.17, 15) is 0 Å². The van der Waals surface area contributed by atoms with Crippen LogP contribution in [0.4, 0.5) is 0 Å². The molecule has 5 heteroatoms. The second kappa shape index (κ2) is 9.36. The Kier molecular flexibility index (Phi) is 5.56. The summed E-state index contributed by atoms with van der Waals surface area (Å²) >= 11 is 3.77. The lowest BCUT2D eigenvalue weighted by atomic mass is 10.0. The highest BCUT2D eigenvalue weighted by atomic mass is 79.9. The van der Waals surface area contributed by atoms with E-state index in [1.807, 2.05) is 48.5 Å². The zero-order chi connectivity index (χ0) is 25.5. The van der Waals surface area contributed by atoms with Crippen LogP contribution in [0.25, 0.3) is 61.7 Å². The molecule has 0 fully saturated rings. The van der Waals surface area contributed by atoms with Gasteiger partial charge in [0.05, 0.1) is 11.0 Å². The van der Waals surface area contributed by atoms with Crippen LogP contribution in [0.1, 0.15) is 0 Å². The Morgan fingerprint density at radius 1 is 0.447 bits per heavy atom. The maximum Gasteiger partial charge on any atom is 0.238 e. The number of aromatic nitrogens is 4. The molecule has 180 valence electrons. The molecule has 0 aliphatic carbocycles. The van der Waals surface area contributed by atoms with Crippen molar-refractivity contribution in [2.75, 3.05) is 0 Å². The monoisotopic (exact) mass is 552 g/mol. The number of hydrogen-bond acceptors (Lipinski definition) is 3. The molecule has 2 aromatic heterocycles. The summed E-state index contributed by atoms with van der Waals surface area (Å²) in [5.41, 5.74) is 6.30. The highest BCUT2D eigenvalue weighted by Gasteiger charge is 2.18. The van der Waals surface area contributed by atoms with E-state index >= 15 is 0 Å². The molecule has 4 nitrogen and oxygen atoms in total. The van der Waals surface area contributed by atoms with Crippen LogP contribution in [-0.4, -0.2) is 19.5 Å². The van der Waals surface area contributed by atoms with Gasteiger partial charge in [-0.3, -0.25) is 4.57 Å². The Hall–Kier alpha value is -4.61. The first-order valence-electron chi connectivity index (χ1n) is 12.4. The number of hydrogen-bond donors (Lipinski definition) is 0. The van der Waals surface area contributed by atoms with Gasteiger partial charge in [0.25, 0.3) is 0 Å². The molecule has 38 heavy (non-hydrogen) atoms. The molecular formula is C33H21BrN4. The standard InChI is InChI=1S/C33H21BrN4/c34-27-15-9-17-29-30(27)26-14-7-8-16-28(26)38(29)33-36-31(24-12-5-2-6-13-24)35-32(37-33)25-20-18-23(19-21-25)22-10-3-1-4-11-22/h1-21H. The Balaban J connectivity index is 1.46. The Bertz CT molecular complexity index is 1910. The first-order chi connectivity index (χ1) is 18.8. The molecule has 0 saturated heterocycles. The summed E-state index contributed by atoms with van der Waals surface area (Å²) < 4.78 is 3.17. The number of nitrogens with zero attached hydrogens (tertiary/aromatic N) is 4. The molecule has 0 spiro atoms. The zero-order valence-electron chi connectivity index (χ0n) is 20.3. The predicted octanol–water partition coefficient (Wildman–Crippen LogP) is 8.73. The molecule has 0 N–H and O–H groups in total. The maximum atomic E-state index is 5.03. The number of rotatable bonds is 4. The van der Waals surface area contributed by atoms with Crippen LogP contribution in [0.5, 0.6) is 0 Å². The lowest BCUT2D eigenvalue weighted by Crippen LogP contribution is -2.06. The highest BCUT2D eigenvalue weighted by Crippen LogP contribution is 2.36. The van der Waals surface area contributed by atoms with E-state index in [0.717, 1.165) is 43.0 Å². The van der Waals surface area contributed by atoms with Gasteiger partial charge < -0.3 is 0 Å². The second-order valence-corrected chi connectivity index (χ2v) is 9.93. The maximum absolute atomic E-state index is 5.03. The number of benzene rings is 5. The first kappa shape index (κ1) is 22.6. The van der Waals surface area contributed by atoms with E-state index in [1.165, 1.54) is 5.56 Å². The van der Waals surface area contributed by atoms with Crippen LogP contribution in [0, 0.1) is 0 Å². The lowest BCUT2D eigenvalue weighted by molar-refractivity contribution is 0.953. The molecule has 0 atom stereocenters. The lowest BCUT2D eigenvalue weighted by Gasteiger charge is -2.11. The van der Waals surface area contributed by atoms with Crippen molar-refractivity contribution < 1.29 is 0 Å². The van der Waals surface area contributed by atoms with E-state index in [2.05, 4.69) is 99.4 Å². The van der Waals surface area contributed by atoms with Crippen LogP contribution < -0.4 is 0 Å². The number of para-hydroxylation sites is 1. The summed E-state index contributed by atoms with van der Waals surface area (Å²) in [6, 6.07) is 43.4. The summed E-state index contributed by atoms with van der Waals surface area (Å²) in [7, 11) is 0. The Labute approximate surface area is 228 Å². The van der Waals surface area contributed by atoms with Gasteiger partial charge in [-0.05, 0) is 29.3 Å². The molecule has 0 aliphatic heterocycles. The van der Waals surface area contributed by atoms with Crippen molar-refractivity contribution in [3.63, 3.8) is 0 Å². The van der Waals surface area contributed by atoms with Gasteiger partial charge >= 0.3 is 0 Å². The molecule has 0 unspecified atom stereocenters. The highest BCUT2D eigenvalue weighted by molar-refractivity contribution is 9.10. The molecule has 5 aromatic carbocycles. The molecule has 2 heterocycles. The average molecular weight is 553 g/mol. The minimum absolute atomic E-state index is 0.588. The quantitative estimate of drug-likeness (QED) is 0.219. The van der Waals surface area contributed by atoms with Gasteiger partial charge in [0.2, 0.25) is 5.95 Å². The predicted molar refractivity (Wildman–Crippen MR) is 158 cm³/mol. The normalized spacial score (nSPS) is 11.3. The van der Waals surface area contributed by atoms with Crippen LogP contribution in [0.2, 0.25) is 0 Å². The van der Waals surface area contributed by atoms with Gasteiger partial charge in [0.1, 0.15) is 0 Å². The molecule has 7 aromatic rings. The van der Waals surface area contributed by atoms with Crippen molar-refractivity contribution in [3.05, 3.63) is 132 Å². The summed E-state index contributed by atoms with van der Waals surface area (Å²) in [6.45, 7) is 0. The van der Waals surface area contributed by atoms with Gasteiger partial charge in [-0.25, -0.2) is 4.98 Å². The number of halogens is 1. The van der Waals surface area contributed by atoms with Crippen molar-refractivity contribution in [3.8, 4) is 39.9 Å². The summed E-state index contributed by atoms with van der Waals surface area (Å²) in [5.74, 6) is 1.86. The van der Waals surface area contributed by atoms with Gasteiger partial charge in [0, 0.05) is 26.4 Å². The van der Waals surface area contributed by atoms with Gasteiger partial charge in [-0.1, -0.05) is 125 Å². The summed E-state index contributed by atoms with van der Waals surface area (Å²) in [6.07, 6.45) is 0. The average Bonchev–Trinajstić information content (AvgIpc) is 3.33.